The van der Waals surface area contributed by atoms with E-state index < -0.39 is 6.29 Å². The Bertz CT molecular complexity index is 1470. The molecule has 2 fully saturated rings. The van der Waals surface area contributed by atoms with Crippen LogP contribution >= 0.6 is 0 Å². The van der Waals surface area contributed by atoms with Gasteiger partial charge in [-0.1, -0.05) is 85.6 Å². The van der Waals surface area contributed by atoms with Gasteiger partial charge < -0.3 is 24.6 Å². The SMILES string of the molecule is COCC1CCCN1CC1CC(c2ccc(CO)cc2)OC(c2ccc(-c3ccccc3CNC(=O)CCCCCCC(=O)NO)cc2)O1. The molecule has 3 aromatic carbocycles. The molecule has 10 nitrogen and oxygen atoms in total. The van der Waals surface area contributed by atoms with Crippen molar-refractivity contribution in [3.05, 3.63) is 95.1 Å². The fourth-order valence-corrected chi connectivity index (χ4v) is 6.85. The average Bonchev–Trinajstić information content (AvgIpc) is 3.58. The Morgan fingerprint density at radius 1 is 0.898 bits per heavy atom. The van der Waals surface area contributed by atoms with Gasteiger partial charge in [0.05, 0.1) is 25.4 Å². The summed E-state index contributed by atoms with van der Waals surface area (Å²) < 4.78 is 18.7. The number of hydrogen-bond acceptors (Lipinski definition) is 8. The molecule has 2 aliphatic rings. The molecule has 0 aliphatic carbocycles. The number of methoxy groups -OCH3 is 1. The van der Waals surface area contributed by atoms with Crippen LogP contribution in [0.4, 0.5) is 0 Å². The molecule has 49 heavy (non-hydrogen) atoms. The van der Waals surface area contributed by atoms with Crippen molar-refractivity contribution in [2.24, 2.45) is 0 Å². The number of nitrogens with one attached hydrogen (secondary N) is 2. The van der Waals surface area contributed by atoms with E-state index in [4.69, 9.17) is 19.4 Å². The summed E-state index contributed by atoms with van der Waals surface area (Å²) in [5.74, 6) is -0.377. The largest absolute Gasteiger partial charge is 0.392 e. The maximum Gasteiger partial charge on any atom is 0.243 e. The molecule has 2 heterocycles. The zero-order valence-corrected chi connectivity index (χ0v) is 28.5. The Morgan fingerprint density at radius 2 is 1.61 bits per heavy atom. The van der Waals surface area contributed by atoms with Crippen LogP contribution in [0.3, 0.4) is 0 Å². The van der Waals surface area contributed by atoms with Crippen LogP contribution in [0, 0.1) is 0 Å². The van der Waals surface area contributed by atoms with E-state index in [1.54, 1.807) is 12.6 Å². The number of hydrogen-bond donors (Lipinski definition) is 4. The van der Waals surface area contributed by atoms with Gasteiger partial charge in [0.15, 0.2) is 6.29 Å². The summed E-state index contributed by atoms with van der Waals surface area (Å²) in [4.78, 5) is 26.2. The van der Waals surface area contributed by atoms with Gasteiger partial charge in [-0.3, -0.25) is 19.7 Å². The predicted octanol–water partition coefficient (Wildman–Crippen LogP) is 5.96. The number of carbonyl (C=O) groups is 2. The highest BCUT2D eigenvalue weighted by Gasteiger charge is 2.35. The van der Waals surface area contributed by atoms with E-state index >= 15 is 0 Å². The lowest BCUT2D eigenvalue weighted by Gasteiger charge is -2.38. The highest BCUT2D eigenvalue weighted by atomic mass is 16.7. The number of nitrogens with zero attached hydrogens (tertiary/aromatic N) is 1. The molecule has 0 radical (unpaired) electrons. The van der Waals surface area contributed by atoms with Crippen LogP contribution in [-0.4, -0.2) is 66.0 Å². The van der Waals surface area contributed by atoms with Crippen molar-refractivity contribution in [3.8, 4) is 11.1 Å². The number of amides is 2. The number of unbranched alkanes of at least 4 members (excludes halogenated alkanes) is 3. The van der Waals surface area contributed by atoms with Crippen LogP contribution in [0.15, 0.2) is 72.8 Å². The molecule has 0 aromatic heterocycles. The summed E-state index contributed by atoms with van der Waals surface area (Å²) in [7, 11) is 1.76. The van der Waals surface area contributed by atoms with Gasteiger partial charge in [-0.2, -0.15) is 0 Å². The Kier molecular flexibility index (Phi) is 14.2. The molecule has 0 saturated carbocycles. The Hall–Kier alpha value is -3.64. The molecule has 4 N–H and O–H groups in total. The Labute approximate surface area is 289 Å². The fourth-order valence-electron chi connectivity index (χ4n) is 6.85. The molecule has 4 atom stereocenters. The van der Waals surface area contributed by atoms with E-state index in [1.165, 1.54) is 0 Å². The summed E-state index contributed by atoms with van der Waals surface area (Å²) in [6.07, 6.45) is 6.20. The molecule has 2 saturated heterocycles. The number of ether oxygens (including phenoxy) is 3. The summed E-state index contributed by atoms with van der Waals surface area (Å²) in [6, 6.07) is 24.8. The topological polar surface area (TPSA) is 130 Å². The van der Waals surface area contributed by atoms with Gasteiger partial charge in [-0.25, -0.2) is 5.48 Å². The molecular weight excluding hydrogens is 622 g/mol. The molecule has 2 aliphatic heterocycles. The smallest absolute Gasteiger partial charge is 0.243 e. The quantitative estimate of drug-likeness (QED) is 0.0785. The maximum absolute atomic E-state index is 12.6. The molecule has 3 aromatic rings. The van der Waals surface area contributed by atoms with E-state index in [0.29, 0.717) is 25.4 Å². The molecule has 264 valence electrons. The van der Waals surface area contributed by atoms with Gasteiger partial charge in [0.2, 0.25) is 11.8 Å². The number of carbonyl (C=O) groups excluding carboxylic acids is 2. The molecular formula is C39H51N3O7. The van der Waals surface area contributed by atoms with Crippen molar-refractivity contribution in [3.63, 3.8) is 0 Å². The predicted molar refractivity (Wildman–Crippen MR) is 186 cm³/mol. The zero-order chi connectivity index (χ0) is 34.4. The third kappa shape index (κ3) is 10.7. The molecule has 0 spiro atoms. The number of aliphatic hydroxyl groups is 1. The minimum atomic E-state index is -0.528. The van der Waals surface area contributed by atoms with Crippen LogP contribution < -0.4 is 10.8 Å². The third-order valence-electron chi connectivity index (χ3n) is 9.58. The molecule has 2 amide bonds. The van der Waals surface area contributed by atoms with Gasteiger partial charge >= 0.3 is 0 Å². The average molecular weight is 674 g/mol. The van der Waals surface area contributed by atoms with Gasteiger partial charge in [0.1, 0.15) is 0 Å². The maximum atomic E-state index is 12.6. The van der Waals surface area contributed by atoms with Crippen molar-refractivity contribution >= 4 is 11.8 Å². The number of likely N-dealkylation sites (tertiary alicyclic amines) is 1. The van der Waals surface area contributed by atoms with Gasteiger partial charge in [-0.15, -0.1) is 0 Å². The van der Waals surface area contributed by atoms with Crippen LogP contribution in [0.25, 0.3) is 11.1 Å². The Morgan fingerprint density at radius 3 is 2.33 bits per heavy atom. The van der Waals surface area contributed by atoms with Crippen molar-refractivity contribution in [1.82, 2.24) is 15.7 Å². The standard InChI is InChI=1S/C39H51N3O7/c1-47-27-33-10-8-22-42(33)25-34-23-36(30-16-14-28(26-43)15-17-30)49-39(48-34)31-20-18-29(19-21-31)35-11-7-6-9-32(35)24-40-37(44)12-4-2-3-5-13-38(45)41-46/h6-7,9,11,14-21,33-34,36,39,43,46H,2-5,8,10,12-13,22-27H2,1H3,(H,40,44)(H,41,45). The lowest BCUT2D eigenvalue weighted by atomic mass is 9.97. The first-order valence-electron chi connectivity index (χ1n) is 17.6. The summed E-state index contributed by atoms with van der Waals surface area (Å²) in [5.41, 5.74) is 7.67. The first kappa shape index (κ1) is 36.6. The van der Waals surface area contributed by atoms with Gasteiger partial charge in [0, 0.05) is 51.1 Å². The third-order valence-corrected chi connectivity index (χ3v) is 9.58. The van der Waals surface area contributed by atoms with Crippen molar-refractivity contribution in [2.75, 3.05) is 26.8 Å². The lowest BCUT2D eigenvalue weighted by molar-refractivity contribution is -0.253. The summed E-state index contributed by atoms with van der Waals surface area (Å²) in [5, 5.41) is 21.2. The normalized spacial score (nSPS) is 21.0. The lowest BCUT2D eigenvalue weighted by Crippen LogP contribution is -2.42. The first-order valence-corrected chi connectivity index (χ1v) is 17.6. The van der Waals surface area contributed by atoms with Gasteiger partial charge in [0.25, 0.3) is 0 Å². The van der Waals surface area contributed by atoms with E-state index in [2.05, 4.69) is 40.5 Å². The minimum Gasteiger partial charge on any atom is -0.392 e. The van der Waals surface area contributed by atoms with E-state index in [1.807, 2.05) is 42.5 Å². The van der Waals surface area contributed by atoms with Crippen molar-refractivity contribution < 1.29 is 34.1 Å². The first-order chi connectivity index (χ1) is 24.0. The fraction of sp³-hybridized carbons (Fsp3) is 0.487. The molecule has 0 bridgehead atoms. The monoisotopic (exact) mass is 673 g/mol. The van der Waals surface area contributed by atoms with Crippen LogP contribution in [-0.2, 0) is 37.0 Å². The van der Waals surface area contributed by atoms with Gasteiger partial charge in [-0.05, 0) is 60.0 Å². The second-order valence-electron chi connectivity index (χ2n) is 13.1. The summed E-state index contributed by atoms with van der Waals surface area (Å²) >= 11 is 0. The molecule has 4 unspecified atom stereocenters. The van der Waals surface area contributed by atoms with Crippen molar-refractivity contribution in [2.45, 2.75) is 95.5 Å². The van der Waals surface area contributed by atoms with E-state index in [-0.39, 0.29) is 37.0 Å². The zero-order valence-electron chi connectivity index (χ0n) is 28.5. The minimum absolute atomic E-state index is 0.00225. The van der Waals surface area contributed by atoms with E-state index in [9.17, 15) is 14.7 Å². The van der Waals surface area contributed by atoms with Crippen molar-refractivity contribution in [1.29, 1.82) is 0 Å². The molecule has 5 rings (SSSR count). The van der Waals surface area contributed by atoms with Crippen LogP contribution in [0.2, 0.25) is 0 Å². The van der Waals surface area contributed by atoms with Crippen LogP contribution in [0.5, 0.6) is 0 Å². The molecule has 10 heteroatoms. The number of rotatable bonds is 17. The highest BCUT2D eigenvalue weighted by molar-refractivity contribution is 5.76. The second-order valence-corrected chi connectivity index (χ2v) is 13.1. The summed E-state index contributed by atoms with van der Waals surface area (Å²) in [6.45, 7) is 3.02. The number of aliphatic hydroxyl groups excluding tert-OH is 1. The number of hydroxylamine groups is 1. The van der Waals surface area contributed by atoms with E-state index in [0.717, 1.165) is 91.6 Å². The van der Waals surface area contributed by atoms with Crippen LogP contribution in [0.1, 0.15) is 92.4 Å². The number of benzene rings is 3. The Balaban J connectivity index is 1.22. The highest BCUT2D eigenvalue weighted by Crippen LogP contribution is 2.39. The second kappa shape index (κ2) is 18.9.